The Bertz CT molecular complexity index is 843. The summed E-state index contributed by atoms with van der Waals surface area (Å²) in [6, 6.07) is 8.10. The van der Waals surface area contributed by atoms with Gasteiger partial charge in [-0.25, -0.2) is 0 Å². The van der Waals surface area contributed by atoms with Crippen molar-refractivity contribution in [2.75, 3.05) is 0 Å². The van der Waals surface area contributed by atoms with Crippen LogP contribution in [0.3, 0.4) is 0 Å². The topological polar surface area (TPSA) is 141 Å². The third-order valence-electron chi connectivity index (χ3n) is 3.23. The van der Waals surface area contributed by atoms with Gasteiger partial charge in [-0.1, -0.05) is 6.07 Å². The van der Waals surface area contributed by atoms with Crippen molar-refractivity contribution in [3.63, 3.8) is 0 Å². The van der Waals surface area contributed by atoms with Gasteiger partial charge in [0, 0.05) is 23.8 Å². The van der Waals surface area contributed by atoms with E-state index in [2.05, 4.69) is 0 Å². The predicted molar refractivity (Wildman–Crippen MR) is 81.1 cm³/mol. The number of nitrogens with zero attached hydrogens (tertiary/aromatic N) is 2. The Labute approximate surface area is 134 Å². The molecule has 122 valence electrons. The number of benzene rings is 2. The van der Waals surface area contributed by atoms with E-state index in [0.717, 1.165) is 18.2 Å². The van der Waals surface area contributed by atoms with Gasteiger partial charge < -0.3 is 5.11 Å². The van der Waals surface area contributed by atoms with Crippen molar-refractivity contribution in [3.05, 3.63) is 73.8 Å². The van der Waals surface area contributed by atoms with E-state index in [1.807, 2.05) is 0 Å². The monoisotopic (exact) mass is 330 g/mol. The second kappa shape index (κ2) is 6.65. The van der Waals surface area contributed by atoms with Crippen LogP contribution in [0.4, 0.5) is 11.4 Å². The number of hydrogen-bond donors (Lipinski definition) is 1. The van der Waals surface area contributed by atoms with Crippen LogP contribution < -0.4 is 0 Å². The largest absolute Gasteiger partial charge is 0.502 e. The first-order valence-corrected chi connectivity index (χ1v) is 6.58. The summed E-state index contributed by atoms with van der Waals surface area (Å²) in [5.74, 6) is -2.22. The van der Waals surface area contributed by atoms with E-state index in [9.17, 15) is 34.9 Å². The van der Waals surface area contributed by atoms with Gasteiger partial charge in [0.05, 0.1) is 21.8 Å². The molecule has 2 aromatic carbocycles. The summed E-state index contributed by atoms with van der Waals surface area (Å²) in [6.07, 6.45) is -0.632. The summed E-state index contributed by atoms with van der Waals surface area (Å²) in [5.41, 5.74) is -1.09. The number of aromatic hydroxyl groups is 1. The van der Waals surface area contributed by atoms with Crippen molar-refractivity contribution in [2.45, 2.75) is 6.42 Å². The first-order valence-electron chi connectivity index (χ1n) is 6.58. The number of nitro groups is 2. The minimum Gasteiger partial charge on any atom is -0.502 e. The zero-order valence-corrected chi connectivity index (χ0v) is 12.0. The number of carbonyl (C=O) groups is 2. The number of Topliss-reactive ketones (excluding diaryl/α,β-unsaturated/α-hetero) is 2. The molecule has 0 amide bonds. The quantitative estimate of drug-likeness (QED) is 0.371. The molecule has 0 aliphatic heterocycles. The number of para-hydroxylation sites is 1. The fourth-order valence-electron chi connectivity index (χ4n) is 2.02. The molecule has 1 N–H and O–H groups in total. The number of hydrogen-bond acceptors (Lipinski definition) is 7. The summed E-state index contributed by atoms with van der Waals surface area (Å²) in [5, 5.41) is 31.1. The molecule has 9 heteroatoms. The lowest BCUT2D eigenvalue weighted by Gasteiger charge is -2.04. The fourth-order valence-corrected chi connectivity index (χ4v) is 2.02. The predicted octanol–water partition coefficient (Wildman–Crippen LogP) is 2.66. The van der Waals surface area contributed by atoms with Gasteiger partial charge in [-0.05, 0) is 18.2 Å². The standard InChI is InChI=1S/C15H10N2O7/c18-13(9-4-6-10(7-5-9)16(21)22)8-14(19)11-2-1-3-12(15(11)20)17(23)24/h1-7,20H,8H2. The van der Waals surface area contributed by atoms with Gasteiger partial charge in [0.1, 0.15) is 0 Å². The highest BCUT2D eigenvalue weighted by Crippen LogP contribution is 2.30. The zero-order chi connectivity index (χ0) is 17.9. The highest BCUT2D eigenvalue weighted by molar-refractivity contribution is 6.14. The van der Waals surface area contributed by atoms with Crippen LogP contribution in [-0.2, 0) is 0 Å². The second-order valence-corrected chi connectivity index (χ2v) is 4.76. The van der Waals surface area contributed by atoms with Gasteiger partial charge in [-0.3, -0.25) is 29.8 Å². The molecule has 0 atom stereocenters. The van der Waals surface area contributed by atoms with Crippen LogP contribution in [0.15, 0.2) is 42.5 Å². The minimum absolute atomic E-state index is 0.0823. The van der Waals surface area contributed by atoms with Crippen molar-refractivity contribution >= 4 is 22.9 Å². The molecule has 0 spiro atoms. The highest BCUT2D eigenvalue weighted by Gasteiger charge is 2.23. The van der Waals surface area contributed by atoms with Crippen LogP contribution in [0.2, 0.25) is 0 Å². The zero-order valence-electron chi connectivity index (χ0n) is 12.0. The third kappa shape index (κ3) is 3.40. The first-order chi connectivity index (χ1) is 11.3. The molecule has 0 aliphatic rings. The molecular weight excluding hydrogens is 320 g/mol. The van der Waals surface area contributed by atoms with E-state index in [4.69, 9.17) is 0 Å². The highest BCUT2D eigenvalue weighted by atomic mass is 16.6. The Morgan fingerprint density at radius 2 is 1.54 bits per heavy atom. The number of rotatable bonds is 6. The van der Waals surface area contributed by atoms with Crippen LogP contribution in [-0.4, -0.2) is 26.5 Å². The van der Waals surface area contributed by atoms with Crippen molar-refractivity contribution < 1.29 is 24.5 Å². The van der Waals surface area contributed by atoms with E-state index < -0.39 is 39.3 Å². The molecule has 2 aromatic rings. The molecule has 0 aromatic heterocycles. The Balaban J connectivity index is 2.20. The number of ketones is 2. The van der Waals surface area contributed by atoms with E-state index in [1.54, 1.807) is 0 Å². The minimum atomic E-state index is -0.843. The van der Waals surface area contributed by atoms with Crippen molar-refractivity contribution in [2.24, 2.45) is 0 Å². The number of carbonyl (C=O) groups excluding carboxylic acids is 2. The smallest absolute Gasteiger partial charge is 0.311 e. The molecule has 0 saturated heterocycles. The van der Waals surface area contributed by atoms with E-state index in [0.29, 0.717) is 0 Å². The number of non-ortho nitro benzene ring substituents is 1. The molecule has 0 heterocycles. The Kier molecular flexibility index (Phi) is 4.64. The maximum Gasteiger partial charge on any atom is 0.311 e. The van der Waals surface area contributed by atoms with E-state index >= 15 is 0 Å². The first kappa shape index (κ1) is 16.7. The average molecular weight is 330 g/mol. The molecule has 0 unspecified atom stereocenters. The number of nitro benzene ring substituents is 2. The van der Waals surface area contributed by atoms with Crippen LogP contribution in [0, 0.1) is 20.2 Å². The molecule has 0 aliphatic carbocycles. The number of phenols is 1. The molecular formula is C15H10N2O7. The average Bonchev–Trinajstić information content (AvgIpc) is 2.54. The van der Waals surface area contributed by atoms with Crippen LogP contribution in [0.5, 0.6) is 5.75 Å². The molecule has 0 saturated carbocycles. The Morgan fingerprint density at radius 3 is 2.08 bits per heavy atom. The lowest BCUT2D eigenvalue weighted by molar-refractivity contribution is -0.385. The SMILES string of the molecule is O=C(CC(=O)c1cccc([N+](=O)[O-])c1O)c1ccc([N+](=O)[O-])cc1. The molecule has 0 radical (unpaired) electrons. The van der Waals surface area contributed by atoms with Gasteiger partial charge in [0.15, 0.2) is 11.6 Å². The summed E-state index contributed by atoms with van der Waals surface area (Å²) in [4.78, 5) is 43.9. The molecule has 0 bridgehead atoms. The van der Waals surface area contributed by atoms with E-state index in [-0.39, 0.29) is 16.8 Å². The van der Waals surface area contributed by atoms with Crippen molar-refractivity contribution in [3.8, 4) is 5.75 Å². The Morgan fingerprint density at radius 1 is 0.917 bits per heavy atom. The molecule has 0 fully saturated rings. The maximum absolute atomic E-state index is 12.1. The maximum atomic E-state index is 12.1. The van der Waals surface area contributed by atoms with Gasteiger partial charge in [0.25, 0.3) is 5.69 Å². The fraction of sp³-hybridized carbons (Fsp3) is 0.0667. The van der Waals surface area contributed by atoms with Crippen LogP contribution in [0.25, 0.3) is 0 Å². The lowest BCUT2D eigenvalue weighted by atomic mass is 10.0. The Hall–Kier alpha value is -3.62. The molecule has 2 rings (SSSR count). The van der Waals surface area contributed by atoms with Gasteiger partial charge >= 0.3 is 5.69 Å². The summed E-state index contributed by atoms with van der Waals surface area (Å²) in [6.45, 7) is 0. The summed E-state index contributed by atoms with van der Waals surface area (Å²) < 4.78 is 0. The second-order valence-electron chi connectivity index (χ2n) is 4.76. The van der Waals surface area contributed by atoms with Crippen LogP contribution in [0.1, 0.15) is 27.1 Å². The van der Waals surface area contributed by atoms with Gasteiger partial charge in [-0.15, -0.1) is 0 Å². The lowest BCUT2D eigenvalue weighted by Crippen LogP contribution is -2.09. The number of phenolic OH excluding ortho intramolecular Hbond substituents is 1. The molecule has 9 nitrogen and oxygen atoms in total. The summed E-state index contributed by atoms with van der Waals surface area (Å²) in [7, 11) is 0. The van der Waals surface area contributed by atoms with E-state index in [1.165, 1.54) is 24.3 Å². The molecule has 24 heavy (non-hydrogen) atoms. The summed E-state index contributed by atoms with van der Waals surface area (Å²) >= 11 is 0. The third-order valence-corrected chi connectivity index (χ3v) is 3.23. The van der Waals surface area contributed by atoms with Gasteiger partial charge in [0.2, 0.25) is 5.75 Å². The van der Waals surface area contributed by atoms with Gasteiger partial charge in [-0.2, -0.15) is 0 Å². The van der Waals surface area contributed by atoms with Crippen molar-refractivity contribution in [1.29, 1.82) is 0 Å². The normalized spacial score (nSPS) is 10.2. The van der Waals surface area contributed by atoms with Crippen LogP contribution >= 0.6 is 0 Å². The van der Waals surface area contributed by atoms with Crippen molar-refractivity contribution in [1.82, 2.24) is 0 Å².